The number of esters is 1. The third kappa shape index (κ3) is 4.85. The molecule has 1 fully saturated rings. The summed E-state index contributed by atoms with van der Waals surface area (Å²) in [7, 11) is -2.31. The summed E-state index contributed by atoms with van der Waals surface area (Å²) in [6.07, 6.45) is 1.87. The SMILES string of the molecule is COC(=O)CCc1ccc(N2CCN(c3ccc(C(=N)N)cc3S(C)(=O)=O)C2=O)cc1. The molecule has 2 aromatic rings. The van der Waals surface area contributed by atoms with Crippen LogP contribution in [0.4, 0.5) is 16.2 Å². The summed E-state index contributed by atoms with van der Waals surface area (Å²) in [5, 5.41) is 7.55. The molecular weight excluding hydrogens is 420 g/mol. The number of methoxy groups -OCH3 is 1. The van der Waals surface area contributed by atoms with Crippen LogP contribution in [0.5, 0.6) is 0 Å². The van der Waals surface area contributed by atoms with Crippen LogP contribution in [0.3, 0.4) is 0 Å². The van der Waals surface area contributed by atoms with Crippen molar-refractivity contribution >= 4 is 39.0 Å². The van der Waals surface area contributed by atoms with E-state index in [0.29, 0.717) is 25.2 Å². The average Bonchev–Trinajstić information content (AvgIpc) is 3.12. The summed E-state index contributed by atoms with van der Waals surface area (Å²) < 4.78 is 29.3. The lowest BCUT2D eigenvalue weighted by atomic mass is 10.1. The second kappa shape index (κ2) is 8.76. The Kier molecular flexibility index (Phi) is 6.30. The molecule has 1 saturated heterocycles. The summed E-state index contributed by atoms with van der Waals surface area (Å²) in [4.78, 5) is 27.3. The summed E-state index contributed by atoms with van der Waals surface area (Å²) in [6.45, 7) is 0.697. The number of benzene rings is 2. The molecule has 0 aromatic heterocycles. The molecule has 164 valence electrons. The topological polar surface area (TPSA) is 134 Å². The molecule has 0 radical (unpaired) electrons. The van der Waals surface area contributed by atoms with E-state index in [1.54, 1.807) is 17.0 Å². The second-order valence-electron chi connectivity index (χ2n) is 7.20. The van der Waals surface area contributed by atoms with E-state index in [-0.39, 0.29) is 40.4 Å². The Hall–Kier alpha value is -3.40. The molecule has 3 N–H and O–H groups in total. The van der Waals surface area contributed by atoms with Gasteiger partial charge in [-0.2, -0.15) is 0 Å². The van der Waals surface area contributed by atoms with Gasteiger partial charge in [0.1, 0.15) is 5.84 Å². The van der Waals surface area contributed by atoms with Crippen LogP contribution in [0.15, 0.2) is 47.4 Å². The van der Waals surface area contributed by atoms with Crippen molar-refractivity contribution in [2.75, 3.05) is 36.3 Å². The Morgan fingerprint density at radius 2 is 1.77 bits per heavy atom. The fourth-order valence-electron chi connectivity index (χ4n) is 3.39. The first-order valence-corrected chi connectivity index (χ1v) is 11.4. The first-order valence-electron chi connectivity index (χ1n) is 9.55. The van der Waals surface area contributed by atoms with Crippen LogP contribution in [-0.4, -0.2) is 52.7 Å². The average molecular weight is 445 g/mol. The smallest absolute Gasteiger partial charge is 0.329 e. The van der Waals surface area contributed by atoms with Gasteiger partial charge in [0.15, 0.2) is 9.84 Å². The molecule has 1 aliphatic heterocycles. The van der Waals surface area contributed by atoms with Crippen LogP contribution >= 0.6 is 0 Å². The van der Waals surface area contributed by atoms with Crippen molar-refractivity contribution in [2.24, 2.45) is 5.73 Å². The minimum atomic E-state index is -3.66. The lowest BCUT2D eigenvalue weighted by Crippen LogP contribution is -2.32. The highest BCUT2D eigenvalue weighted by Gasteiger charge is 2.33. The zero-order valence-corrected chi connectivity index (χ0v) is 18.1. The van der Waals surface area contributed by atoms with Crippen molar-refractivity contribution in [3.63, 3.8) is 0 Å². The van der Waals surface area contributed by atoms with Crippen molar-refractivity contribution < 1.29 is 22.7 Å². The van der Waals surface area contributed by atoms with Gasteiger partial charge in [0.05, 0.1) is 17.7 Å². The van der Waals surface area contributed by atoms with Gasteiger partial charge in [0.25, 0.3) is 0 Å². The van der Waals surface area contributed by atoms with Crippen LogP contribution in [0.25, 0.3) is 0 Å². The van der Waals surface area contributed by atoms with Crippen LogP contribution in [-0.2, 0) is 25.8 Å². The van der Waals surface area contributed by atoms with E-state index in [9.17, 15) is 18.0 Å². The number of nitrogens with zero attached hydrogens (tertiary/aromatic N) is 2. The molecule has 0 atom stereocenters. The number of nitrogens with one attached hydrogen (secondary N) is 1. The number of amides is 2. The lowest BCUT2D eigenvalue weighted by molar-refractivity contribution is -0.140. The van der Waals surface area contributed by atoms with Gasteiger partial charge in [-0.1, -0.05) is 12.1 Å². The van der Waals surface area contributed by atoms with Crippen LogP contribution in [0.2, 0.25) is 0 Å². The molecule has 0 spiro atoms. The number of hydrogen-bond donors (Lipinski definition) is 2. The van der Waals surface area contributed by atoms with Crippen molar-refractivity contribution in [3.05, 3.63) is 53.6 Å². The molecule has 1 heterocycles. The molecule has 9 nitrogen and oxygen atoms in total. The second-order valence-corrected chi connectivity index (χ2v) is 9.18. The van der Waals surface area contributed by atoms with E-state index in [2.05, 4.69) is 4.74 Å². The molecule has 0 unspecified atom stereocenters. The van der Waals surface area contributed by atoms with Crippen molar-refractivity contribution in [3.8, 4) is 0 Å². The summed E-state index contributed by atoms with van der Waals surface area (Å²) >= 11 is 0. The number of hydrogen-bond acceptors (Lipinski definition) is 6. The van der Waals surface area contributed by atoms with Gasteiger partial charge in [-0.25, -0.2) is 13.2 Å². The number of urea groups is 1. The van der Waals surface area contributed by atoms with Gasteiger partial charge in [-0.15, -0.1) is 0 Å². The van der Waals surface area contributed by atoms with E-state index in [1.807, 2.05) is 12.1 Å². The van der Waals surface area contributed by atoms with E-state index in [4.69, 9.17) is 11.1 Å². The monoisotopic (exact) mass is 444 g/mol. The van der Waals surface area contributed by atoms with Crippen molar-refractivity contribution in [1.82, 2.24) is 0 Å². The standard InChI is InChI=1S/C21H24N4O5S/c1-30-19(26)10-5-14-3-7-16(8-4-14)24-11-12-25(21(24)27)17-9-6-15(20(22)23)13-18(17)31(2,28)29/h3-4,6-9,13H,5,10-12H2,1-2H3,(H3,22,23). The van der Waals surface area contributed by atoms with E-state index in [0.717, 1.165) is 11.8 Å². The molecular formula is C21H24N4O5S. The van der Waals surface area contributed by atoms with E-state index < -0.39 is 9.84 Å². The van der Waals surface area contributed by atoms with Gasteiger partial charge in [0, 0.05) is 37.0 Å². The molecule has 31 heavy (non-hydrogen) atoms. The summed E-state index contributed by atoms with van der Waals surface area (Å²) in [5.74, 6) is -0.537. The first kappa shape index (κ1) is 22.3. The Labute approximate surface area is 180 Å². The number of rotatable bonds is 7. The minimum Gasteiger partial charge on any atom is -0.469 e. The van der Waals surface area contributed by atoms with Gasteiger partial charge in [-0.05, 0) is 42.3 Å². The third-order valence-electron chi connectivity index (χ3n) is 5.06. The maximum absolute atomic E-state index is 13.1. The van der Waals surface area contributed by atoms with E-state index >= 15 is 0 Å². The Morgan fingerprint density at radius 3 is 2.35 bits per heavy atom. The molecule has 2 amide bonds. The van der Waals surface area contributed by atoms with Crippen LogP contribution in [0.1, 0.15) is 17.5 Å². The number of nitrogen functional groups attached to an aromatic ring is 1. The number of ether oxygens (including phenoxy) is 1. The van der Waals surface area contributed by atoms with Gasteiger partial charge in [-0.3, -0.25) is 20.0 Å². The Balaban J connectivity index is 1.83. The molecule has 2 aromatic carbocycles. The highest BCUT2D eigenvalue weighted by atomic mass is 32.2. The Bertz CT molecular complexity index is 1130. The highest BCUT2D eigenvalue weighted by molar-refractivity contribution is 7.90. The fraction of sp³-hybridized carbons (Fsp3) is 0.286. The van der Waals surface area contributed by atoms with Crippen LogP contribution < -0.4 is 15.5 Å². The number of sulfone groups is 1. The van der Waals surface area contributed by atoms with Gasteiger partial charge >= 0.3 is 12.0 Å². The van der Waals surface area contributed by atoms with Crippen LogP contribution in [0, 0.1) is 5.41 Å². The van der Waals surface area contributed by atoms with Crippen molar-refractivity contribution in [1.29, 1.82) is 5.41 Å². The summed E-state index contributed by atoms with van der Waals surface area (Å²) in [5.41, 5.74) is 7.64. The minimum absolute atomic E-state index is 0.0476. The zero-order chi connectivity index (χ0) is 22.8. The normalized spacial score (nSPS) is 14.1. The quantitative estimate of drug-likeness (QED) is 0.381. The first-order chi connectivity index (χ1) is 14.6. The maximum Gasteiger partial charge on any atom is 0.329 e. The third-order valence-corrected chi connectivity index (χ3v) is 6.19. The summed E-state index contributed by atoms with van der Waals surface area (Å²) in [6, 6.07) is 11.3. The van der Waals surface area contributed by atoms with Crippen molar-refractivity contribution in [2.45, 2.75) is 17.7 Å². The zero-order valence-electron chi connectivity index (χ0n) is 17.3. The number of carbonyl (C=O) groups excluding carboxylic acids is 2. The predicted molar refractivity (Wildman–Crippen MR) is 117 cm³/mol. The van der Waals surface area contributed by atoms with Gasteiger partial charge in [0.2, 0.25) is 0 Å². The predicted octanol–water partition coefficient (Wildman–Crippen LogP) is 1.93. The fourth-order valence-corrected chi connectivity index (χ4v) is 4.29. The number of carbonyl (C=O) groups is 2. The van der Waals surface area contributed by atoms with E-state index in [1.165, 1.54) is 30.2 Å². The molecule has 3 rings (SSSR count). The van der Waals surface area contributed by atoms with Gasteiger partial charge < -0.3 is 10.5 Å². The number of anilines is 2. The largest absolute Gasteiger partial charge is 0.469 e. The number of nitrogens with two attached hydrogens (primary N) is 1. The molecule has 0 saturated carbocycles. The molecule has 1 aliphatic rings. The molecule has 0 aliphatic carbocycles. The number of aryl methyl sites for hydroxylation is 1. The molecule has 10 heteroatoms. The molecule has 0 bridgehead atoms. The Morgan fingerprint density at radius 1 is 1.13 bits per heavy atom. The highest BCUT2D eigenvalue weighted by Crippen LogP contribution is 2.31. The number of amidine groups is 1. The lowest BCUT2D eigenvalue weighted by Gasteiger charge is -2.21. The maximum atomic E-state index is 13.1.